The third kappa shape index (κ3) is 5.36. The van der Waals surface area contributed by atoms with E-state index in [0.29, 0.717) is 40.7 Å². The largest absolute Gasteiger partial charge is 0.424 e. The molecule has 0 saturated carbocycles. The maximum atomic E-state index is 13.4. The van der Waals surface area contributed by atoms with Crippen LogP contribution < -0.4 is 10.1 Å². The van der Waals surface area contributed by atoms with Crippen LogP contribution >= 0.6 is 0 Å². The molecule has 1 amide bonds. The normalized spacial score (nSPS) is 10.8. The molecule has 168 valence electrons. The second-order valence-corrected chi connectivity index (χ2v) is 6.95. The van der Waals surface area contributed by atoms with Crippen LogP contribution in [0.25, 0.3) is 22.6 Å². The summed E-state index contributed by atoms with van der Waals surface area (Å²) in [5.41, 5.74) is 2.96. The minimum atomic E-state index is -0.343. The average Bonchev–Trinajstić information content (AvgIpc) is 3.23. The zero-order chi connectivity index (χ0) is 23.2. The van der Waals surface area contributed by atoms with Gasteiger partial charge in [0.2, 0.25) is 5.91 Å². The van der Waals surface area contributed by atoms with Crippen molar-refractivity contribution in [3.63, 3.8) is 0 Å². The molecule has 2 heterocycles. The number of carbonyl (C=O) groups is 1. The van der Waals surface area contributed by atoms with Crippen molar-refractivity contribution in [2.45, 2.75) is 20.6 Å². The SMILES string of the molecule is CCOCn1nnc(-c2ccc(F)cc2)c1-c1ccnc(Oc2ccc(NC(C)=O)cc2)n1. The van der Waals surface area contributed by atoms with Crippen LogP contribution in [0.5, 0.6) is 11.8 Å². The summed E-state index contributed by atoms with van der Waals surface area (Å²) in [6.45, 7) is 3.99. The number of halogens is 1. The Morgan fingerprint density at radius 1 is 1.09 bits per heavy atom. The first-order valence-corrected chi connectivity index (χ1v) is 10.2. The van der Waals surface area contributed by atoms with Gasteiger partial charge in [-0.25, -0.2) is 14.1 Å². The molecule has 0 aliphatic heterocycles. The van der Waals surface area contributed by atoms with Crippen molar-refractivity contribution in [2.24, 2.45) is 0 Å². The van der Waals surface area contributed by atoms with Crippen LogP contribution in [0.3, 0.4) is 0 Å². The molecule has 0 aliphatic rings. The molecule has 4 aromatic rings. The summed E-state index contributed by atoms with van der Waals surface area (Å²) in [5.74, 6) is -0.000791. The number of amides is 1. The monoisotopic (exact) mass is 448 g/mol. The Hall–Kier alpha value is -4.18. The highest BCUT2D eigenvalue weighted by Gasteiger charge is 2.19. The summed E-state index contributed by atoms with van der Waals surface area (Å²) in [6, 6.07) is 14.6. The lowest BCUT2D eigenvalue weighted by Crippen LogP contribution is -2.07. The maximum absolute atomic E-state index is 13.4. The number of anilines is 1. The lowest BCUT2D eigenvalue weighted by Gasteiger charge is -2.10. The molecule has 0 unspecified atom stereocenters. The van der Waals surface area contributed by atoms with E-state index in [-0.39, 0.29) is 24.5 Å². The highest BCUT2D eigenvalue weighted by Crippen LogP contribution is 2.30. The van der Waals surface area contributed by atoms with E-state index in [0.717, 1.165) is 0 Å². The Bertz CT molecular complexity index is 1240. The van der Waals surface area contributed by atoms with Crippen molar-refractivity contribution >= 4 is 11.6 Å². The minimum Gasteiger partial charge on any atom is -0.424 e. The fraction of sp³-hybridized carbons (Fsp3) is 0.174. The molecule has 0 bridgehead atoms. The summed E-state index contributed by atoms with van der Waals surface area (Å²) in [6.07, 6.45) is 1.57. The Morgan fingerprint density at radius 2 is 1.85 bits per heavy atom. The first-order chi connectivity index (χ1) is 16.0. The molecule has 0 saturated heterocycles. The zero-order valence-corrected chi connectivity index (χ0v) is 18.0. The highest BCUT2D eigenvalue weighted by molar-refractivity contribution is 5.88. The number of carbonyl (C=O) groups excluding carboxylic acids is 1. The highest BCUT2D eigenvalue weighted by atomic mass is 19.1. The predicted molar refractivity (Wildman–Crippen MR) is 119 cm³/mol. The van der Waals surface area contributed by atoms with Crippen LogP contribution in [-0.4, -0.2) is 37.5 Å². The standard InChI is InChI=1S/C23H21FN6O3/c1-3-32-14-30-22(21(28-29-30)16-4-6-17(24)7-5-16)20-12-13-25-23(27-20)33-19-10-8-18(9-11-19)26-15(2)31/h4-13H,3,14H2,1-2H3,(H,26,31). The Balaban J connectivity index is 1.66. The van der Waals surface area contributed by atoms with Gasteiger partial charge in [-0.1, -0.05) is 5.21 Å². The van der Waals surface area contributed by atoms with E-state index in [4.69, 9.17) is 9.47 Å². The molecule has 0 spiro atoms. The second-order valence-electron chi connectivity index (χ2n) is 6.95. The number of aromatic nitrogens is 5. The topological polar surface area (TPSA) is 104 Å². The van der Waals surface area contributed by atoms with E-state index in [1.807, 2.05) is 6.92 Å². The van der Waals surface area contributed by atoms with Crippen LogP contribution in [0.15, 0.2) is 60.8 Å². The van der Waals surface area contributed by atoms with Gasteiger partial charge in [0, 0.05) is 31.0 Å². The van der Waals surface area contributed by atoms with Crippen LogP contribution in [-0.2, 0) is 16.3 Å². The summed E-state index contributed by atoms with van der Waals surface area (Å²) >= 11 is 0. The molecule has 33 heavy (non-hydrogen) atoms. The number of nitrogens with zero attached hydrogens (tertiary/aromatic N) is 5. The van der Waals surface area contributed by atoms with E-state index < -0.39 is 0 Å². The van der Waals surface area contributed by atoms with Crippen molar-refractivity contribution in [1.29, 1.82) is 0 Å². The number of rotatable bonds is 8. The summed E-state index contributed by atoms with van der Waals surface area (Å²) in [7, 11) is 0. The Kier molecular flexibility index (Phi) is 6.65. The molecular weight excluding hydrogens is 427 g/mol. The van der Waals surface area contributed by atoms with Gasteiger partial charge in [-0.3, -0.25) is 4.79 Å². The fourth-order valence-electron chi connectivity index (χ4n) is 3.07. The van der Waals surface area contributed by atoms with Gasteiger partial charge in [0.05, 0.1) is 5.69 Å². The van der Waals surface area contributed by atoms with Gasteiger partial charge in [0.1, 0.15) is 29.7 Å². The smallest absolute Gasteiger partial charge is 0.322 e. The van der Waals surface area contributed by atoms with Crippen molar-refractivity contribution in [3.8, 4) is 34.4 Å². The molecule has 0 radical (unpaired) electrons. The number of hydrogen-bond donors (Lipinski definition) is 1. The van der Waals surface area contributed by atoms with E-state index in [9.17, 15) is 9.18 Å². The molecule has 4 rings (SSSR count). The first-order valence-electron chi connectivity index (χ1n) is 10.2. The predicted octanol–water partition coefficient (Wildman–Crippen LogP) is 4.29. The van der Waals surface area contributed by atoms with Gasteiger partial charge in [0.25, 0.3) is 0 Å². The summed E-state index contributed by atoms with van der Waals surface area (Å²) < 4.78 is 26.3. The zero-order valence-electron chi connectivity index (χ0n) is 18.0. The number of ether oxygens (including phenoxy) is 2. The number of benzene rings is 2. The molecule has 1 N–H and O–H groups in total. The fourth-order valence-corrected chi connectivity index (χ4v) is 3.07. The Morgan fingerprint density at radius 3 is 2.55 bits per heavy atom. The van der Waals surface area contributed by atoms with Crippen molar-refractivity contribution in [2.75, 3.05) is 11.9 Å². The van der Waals surface area contributed by atoms with Gasteiger partial charge in [-0.15, -0.1) is 5.10 Å². The quantitative estimate of drug-likeness (QED) is 0.429. The summed E-state index contributed by atoms with van der Waals surface area (Å²) in [4.78, 5) is 19.9. The van der Waals surface area contributed by atoms with Crippen molar-refractivity contribution in [1.82, 2.24) is 25.0 Å². The van der Waals surface area contributed by atoms with E-state index in [1.165, 1.54) is 19.1 Å². The third-order valence-corrected chi connectivity index (χ3v) is 4.53. The molecule has 10 heteroatoms. The van der Waals surface area contributed by atoms with Crippen LogP contribution in [0.4, 0.5) is 10.1 Å². The van der Waals surface area contributed by atoms with Gasteiger partial charge in [-0.2, -0.15) is 4.98 Å². The molecular formula is C23H21FN6O3. The molecule has 0 aliphatic carbocycles. The Labute approximate surface area is 189 Å². The molecule has 9 nitrogen and oxygen atoms in total. The van der Waals surface area contributed by atoms with Crippen LogP contribution in [0, 0.1) is 5.82 Å². The van der Waals surface area contributed by atoms with Gasteiger partial charge in [-0.05, 0) is 61.5 Å². The molecule has 2 aromatic carbocycles. The van der Waals surface area contributed by atoms with Crippen LogP contribution in [0.2, 0.25) is 0 Å². The third-order valence-electron chi connectivity index (χ3n) is 4.53. The second kappa shape index (κ2) is 9.96. The first kappa shape index (κ1) is 22.0. The average molecular weight is 448 g/mol. The minimum absolute atomic E-state index is 0.119. The van der Waals surface area contributed by atoms with Gasteiger partial charge < -0.3 is 14.8 Å². The van der Waals surface area contributed by atoms with Crippen molar-refractivity contribution in [3.05, 3.63) is 66.6 Å². The molecule has 0 fully saturated rings. The maximum Gasteiger partial charge on any atom is 0.322 e. The van der Waals surface area contributed by atoms with E-state index >= 15 is 0 Å². The van der Waals surface area contributed by atoms with E-state index in [1.54, 1.807) is 53.3 Å². The van der Waals surface area contributed by atoms with Crippen molar-refractivity contribution < 1.29 is 18.7 Å². The molecule has 0 atom stereocenters. The van der Waals surface area contributed by atoms with E-state index in [2.05, 4.69) is 25.6 Å². The van der Waals surface area contributed by atoms with Crippen LogP contribution in [0.1, 0.15) is 13.8 Å². The molecule has 2 aromatic heterocycles. The lowest BCUT2D eigenvalue weighted by atomic mass is 10.1. The summed E-state index contributed by atoms with van der Waals surface area (Å²) in [5, 5.41) is 11.1. The lowest BCUT2D eigenvalue weighted by molar-refractivity contribution is -0.114. The number of hydrogen-bond acceptors (Lipinski definition) is 7. The van der Waals surface area contributed by atoms with Gasteiger partial charge in [0.15, 0.2) is 0 Å². The van der Waals surface area contributed by atoms with Gasteiger partial charge >= 0.3 is 6.01 Å². The number of nitrogens with one attached hydrogen (secondary N) is 1.